The summed E-state index contributed by atoms with van der Waals surface area (Å²) in [4.78, 5) is 12.7. The highest BCUT2D eigenvalue weighted by molar-refractivity contribution is 5.71. The zero-order valence-electron chi connectivity index (χ0n) is 9.06. The highest BCUT2D eigenvalue weighted by atomic mass is 16.4. The molecule has 1 saturated carbocycles. The van der Waals surface area contributed by atoms with Crippen molar-refractivity contribution in [1.82, 2.24) is 0 Å². The molecule has 0 spiro atoms. The van der Waals surface area contributed by atoms with E-state index in [9.17, 15) is 4.79 Å². The third kappa shape index (κ3) is 1.15. The molecule has 0 N–H and O–H groups in total. The Labute approximate surface area is 89.1 Å². The van der Waals surface area contributed by atoms with Crippen molar-refractivity contribution in [2.45, 2.75) is 13.8 Å². The Kier molecular flexibility index (Phi) is 1.59. The summed E-state index contributed by atoms with van der Waals surface area (Å²) < 4.78 is 5.41. The van der Waals surface area contributed by atoms with Gasteiger partial charge in [-0.25, -0.2) is 0 Å². The Morgan fingerprint density at radius 3 is 2.60 bits per heavy atom. The molecule has 2 atom stereocenters. The lowest BCUT2D eigenvalue weighted by Crippen LogP contribution is -2.25. The second kappa shape index (κ2) is 2.65. The van der Waals surface area contributed by atoms with Crippen LogP contribution < -0.4 is 4.90 Å². The summed E-state index contributed by atoms with van der Waals surface area (Å²) in [5, 5.41) is 0. The van der Waals surface area contributed by atoms with E-state index in [0.717, 1.165) is 37.1 Å². The number of fused-ring (bicyclic) bond motifs is 1. The van der Waals surface area contributed by atoms with Gasteiger partial charge in [0, 0.05) is 19.2 Å². The number of anilines is 1. The molecule has 0 bridgehead atoms. The first kappa shape index (κ1) is 9.01. The van der Waals surface area contributed by atoms with Crippen molar-refractivity contribution in [1.29, 1.82) is 0 Å². The number of furan rings is 1. The first-order valence-corrected chi connectivity index (χ1v) is 5.43. The summed E-state index contributed by atoms with van der Waals surface area (Å²) in [6.45, 7) is 6.81. The molecule has 0 radical (unpaired) electrons. The second-order valence-corrected chi connectivity index (χ2v) is 5.23. The summed E-state index contributed by atoms with van der Waals surface area (Å²) in [5.41, 5.74) is 0.524. The lowest BCUT2D eigenvalue weighted by Gasteiger charge is -2.21. The highest BCUT2D eigenvalue weighted by Crippen LogP contribution is 2.62. The molecule has 15 heavy (non-hydrogen) atoms. The van der Waals surface area contributed by atoms with E-state index in [2.05, 4.69) is 18.7 Å². The molecule has 2 unspecified atom stereocenters. The minimum atomic E-state index is 0.421. The van der Waals surface area contributed by atoms with E-state index in [1.165, 1.54) is 0 Å². The Balaban J connectivity index is 1.74. The number of piperidine rings is 1. The van der Waals surface area contributed by atoms with Crippen molar-refractivity contribution < 1.29 is 9.21 Å². The lowest BCUT2D eigenvalue weighted by molar-refractivity contribution is 0.110. The van der Waals surface area contributed by atoms with Crippen LogP contribution >= 0.6 is 0 Å². The van der Waals surface area contributed by atoms with Crippen molar-refractivity contribution in [3.8, 4) is 0 Å². The zero-order chi connectivity index (χ0) is 10.6. The van der Waals surface area contributed by atoms with Gasteiger partial charge in [0.15, 0.2) is 17.9 Å². The molecule has 2 fully saturated rings. The van der Waals surface area contributed by atoms with Crippen LogP contribution in [0, 0.1) is 17.3 Å². The van der Waals surface area contributed by atoms with Gasteiger partial charge < -0.3 is 9.32 Å². The van der Waals surface area contributed by atoms with E-state index in [1.807, 2.05) is 6.07 Å². The maximum atomic E-state index is 10.5. The molecule has 1 aliphatic heterocycles. The van der Waals surface area contributed by atoms with Gasteiger partial charge in [0.05, 0.1) is 0 Å². The quantitative estimate of drug-likeness (QED) is 0.694. The van der Waals surface area contributed by atoms with Crippen molar-refractivity contribution in [3.63, 3.8) is 0 Å². The van der Waals surface area contributed by atoms with Crippen LogP contribution in [-0.4, -0.2) is 19.4 Å². The number of hydrogen-bond donors (Lipinski definition) is 0. The Morgan fingerprint density at radius 2 is 2.07 bits per heavy atom. The van der Waals surface area contributed by atoms with Gasteiger partial charge in [-0.1, -0.05) is 13.8 Å². The Hall–Kier alpha value is -1.25. The Morgan fingerprint density at radius 1 is 1.40 bits per heavy atom. The normalized spacial score (nSPS) is 31.5. The van der Waals surface area contributed by atoms with Crippen molar-refractivity contribution in [2.24, 2.45) is 17.3 Å². The third-order valence-electron chi connectivity index (χ3n) is 4.16. The fourth-order valence-electron chi connectivity index (χ4n) is 2.89. The SMILES string of the molecule is CC1(C)C2CN(c3ccc(C=O)o3)CC21. The first-order chi connectivity index (χ1) is 7.13. The number of aldehydes is 1. The summed E-state index contributed by atoms with van der Waals surface area (Å²) in [6, 6.07) is 3.62. The van der Waals surface area contributed by atoms with Gasteiger partial charge in [-0.3, -0.25) is 4.79 Å². The van der Waals surface area contributed by atoms with Crippen LogP contribution in [0.15, 0.2) is 16.5 Å². The standard InChI is InChI=1S/C12H15NO2/c1-12(2)9-5-13(6-10(9)12)11-4-3-8(7-14)15-11/h3-4,7,9-10H,5-6H2,1-2H3. The fraction of sp³-hybridized carbons (Fsp3) is 0.583. The molecule has 1 saturated heterocycles. The summed E-state index contributed by atoms with van der Waals surface area (Å²) in [6.07, 6.45) is 0.754. The molecule has 3 rings (SSSR count). The van der Waals surface area contributed by atoms with Crippen LogP contribution in [0.2, 0.25) is 0 Å². The van der Waals surface area contributed by atoms with Crippen molar-refractivity contribution in [3.05, 3.63) is 17.9 Å². The van der Waals surface area contributed by atoms with Gasteiger partial charge in [-0.15, -0.1) is 0 Å². The molecule has 2 aliphatic rings. The molecule has 2 heterocycles. The van der Waals surface area contributed by atoms with Gasteiger partial charge in [-0.2, -0.15) is 0 Å². The van der Waals surface area contributed by atoms with E-state index < -0.39 is 0 Å². The highest BCUT2D eigenvalue weighted by Gasteiger charge is 2.62. The largest absolute Gasteiger partial charge is 0.438 e. The van der Waals surface area contributed by atoms with E-state index in [1.54, 1.807) is 6.07 Å². The molecular weight excluding hydrogens is 190 g/mol. The summed E-state index contributed by atoms with van der Waals surface area (Å²) in [5.74, 6) is 2.88. The number of carbonyl (C=O) groups is 1. The van der Waals surface area contributed by atoms with Crippen LogP contribution in [0.3, 0.4) is 0 Å². The smallest absolute Gasteiger partial charge is 0.196 e. The average molecular weight is 205 g/mol. The number of rotatable bonds is 2. The Bertz CT molecular complexity index is 394. The number of hydrogen-bond acceptors (Lipinski definition) is 3. The lowest BCUT2D eigenvalue weighted by atomic mass is 10.1. The minimum absolute atomic E-state index is 0.421. The molecule has 1 aromatic heterocycles. The van der Waals surface area contributed by atoms with E-state index in [0.29, 0.717) is 11.2 Å². The average Bonchev–Trinajstić information content (AvgIpc) is 2.76. The predicted octanol–water partition coefficient (Wildman–Crippen LogP) is 2.18. The maximum absolute atomic E-state index is 10.5. The van der Waals surface area contributed by atoms with Crippen LogP contribution in [0.5, 0.6) is 0 Å². The maximum Gasteiger partial charge on any atom is 0.196 e. The van der Waals surface area contributed by atoms with Gasteiger partial charge in [0.1, 0.15) is 0 Å². The van der Waals surface area contributed by atoms with Gasteiger partial charge in [-0.05, 0) is 23.3 Å². The predicted molar refractivity (Wildman–Crippen MR) is 57.1 cm³/mol. The molecule has 1 aromatic rings. The topological polar surface area (TPSA) is 33.5 Å². The minimum Gasteiger partial charge on any atom is -0.438 e. The van der Waals surface area contributed by atoms with Crippen LogP contribution in [0.4, 0.5) is 5.88 Å². The van der Waals surface area contributed by atoms with Crippen LogP contribution in [0.25, 0.3) is 0 Å². The number of nitrogens with zero attached hydrogens (tertiary/aromatic N) is 1. The van der Waals surface area contributed by atoms with E-state index in [-0.39, 0.29) is 0 Å². The molecular formula is C12H15NO2. The molecule has 80 valence electrons. The molecule has 3 nitrogen and oxygen atoms in total. The van der Waals surface area contributed by atoms with E-state index in [4.69, 9.17) is 4.42 Å². The fourth-order valence-corrected chi connectivity index (χ4v) is 2.89. The first-order valence-electron chi connectivity index (χ1n) is 5.43. The summed E-state index contributed by atoms with van der Waals surface area (Å²) in [7, 11) is 0. The molecule has 3 heteroatoms. The van der Waals surface area contributed by atoms with Gasteiger partial charge in [0.25, 0.3) is 0 Å². The van der Waals surface area contributed by atoms with Gasteiger partial charge in [0.2, 0.25) is 0 Å². The number of carbonyl (C=O) groups excluding carboxylic acids is 1. The molecule has 0 aromatic carbocycles. The third-order valence-corrected chi connectivity index (χ3v) is 4.16. The van der Waals surface area contributed by atoms with Crippen molar-refractivity contribution in [2.75, 3.05) is 18.0 Å². The zero-order valence-corrected chi connectivity index (χ0v) is 9.06. The van der Waals surface area contributed by atoms with Crippen molar-refractivity contribution >= 4 is 12.2 Å². The monoisotopic (exact) mass is 205 g/mol. The second-order valence-electron chi connectivity index (χ2n) is 5.23. The van der Waals surface area contributed by atoms with Crippen LogP contribution in [-0.2, 0) is 0 Å². The van der Waals surface area contributed by atoms with Gasteiger partial charge >= 0.3 is 0 Å². The van der Waals surface area contributed by atoms with E-state index >= 15 is 0 Å². The molecule has 0 amide bonds. The molecule has 1 aliphatic carbocycles. The summed E-state index contributed by atoms with van der Waals surface area (Å²) >= 11 is 0. The van der Waals surface area contributed by atoms with Crippen LogP contribution in [0.1, 0.15) is 24.4 Å².